The van der Waals surface area contributed by atoms with Gasteiger partial charge in [-0.05, 0) is 25.0 Å². The van der Waals surface area contributed by atoms with Crippen LogP contribution in [0.3, 0.4) is 0 Å². The second-order valence-electron chi connectivity index (χ2n) is 5.72. The van der Waals surface area contributed by atoms with Crippen LogP contribution in [0.1, 0.15) is 23.3 Å². The van der Waals surface area contributed by atoms with E-state index in [-0.39, 0.29) is 11.7 Å². The average Bonchev–Trinajstić information content (AvgIpc) is 2.62. The Morgan fingerprint density at radius 2 is 2.25 bits per heavy atom. The van der Waals surface area contributed by atoms with Crippen LogP contribution in [-0.2, 0) is 0 Å². The van der Waals surface area contributed by atoms with Gasteiger partial charge in [-0.15, -0.1) is 0 Å². The number of nitrogens with one attached hydrogen (secondary N) is 1. The first-order valence-electron chi connectivity index (χ1n) is 7.86. The molecule has 1 aliphatic heterocycles. The van der Waals surface area contributed by atoms with Crippen molar-refractivity contribution in [3.05, 3.63) is 42.4 Å². The lowest BCUT2D eigenvalue weighted by Gasteiger charge is -2.35. The highest BCUT2D eigenvalue weighted by Crippen LogP contribution is 2.25. The molecule has 2 heterocycles. The fourth-order valence-corrected chi connectivity index (χ4v) is 2.86. The summed E-state index contributed by atoms with van der Waals surface area (Å²) in [6.07, 6.45) is 4.83. The Kier molecular flexibility index (Phi) is 4.79. The van der Waals surface area contributed by atoms with Crippen LogP contribution in [0.2, 0.25) is 0 Å². The van der Waals surface area contributed by atoms with Gasteiger partial charge in [-0.25, -0.2) is 14.8 Å². The molecule has 1 aromatic carbocycles. The third-order valence-corrected chi connectivity index (χ3v) is 4.06. The zero-order chi connectivity index (χ0) is 16.9. The van der Waals surface area contributed by atoms with Crippen molar-refractivity contribution in [2.24, 2.45) is 0 Å². The van der Waals surface area contributed by atoms with Gasteiger partial charge in [0.25, 0.3) is 0 Å². The normalized spacial score (nSPS) is 17.4. The molecule has 2 N–H and O–H groups in total. The molecule has 7 nitrogen and oxygen atoms in total. The second kappa shape index (κ2) is 7.16. The third kappa shape index (κ3) is 3.73. The molecule has 1 aromatic heterocycles. The molecule has 1 unspecified atom stereocenters. The van der Waals surface area contributed by atoms with Crippen LogP contribution in [-0.4, -0.2) is 47.3 Å². The largest absolute Gasteiger partial charge is 0.497 e. The molecule has 1 atom stereocenters. The molecule has 3 rings (SSSR count). The van der Waals surface area contributed by atoms with Gasteiger partial charge in [-0.3, -0.25) is 0 Å². The molecule has 0 saturated carbocycles. The maximum absolute atomic E-state index is 10.8. The summed E-state index contributed by atoms with van der Waals surface area (Å²) in [6.45, 7) is 1.84. The van der Waals surface area contributed by atoms with E-state index >= 15 is 0 Å². The summed E-state index contributed by atoms with van der Waals surface area (Å²) in [6, 6.07) is 8.26. The van der Waals surface area contributed by atoms with Gasteiger partial charge in [0.1, 0.15) is 11.6 Å². The number of methoxy groups -OCH3 is 1. The van der Waals surface area contributed by atoms with E-state index in [0.717, 1.165) is 37.4 Å². The number of anilines is 2. The summed E-state index contributed by atoms with van der Waals surface area (Å²) >= 11 is 0. The quantitative estimate of drug-likeness (QED) is 0.870. The number of aromatic nitrogens is 2. The van der Waals surface area contributed by atoms with E-state index in [1.165, 1.54) is 12.4 Å². The standard InChI is InChI=1S/C17H20N4O3/c1-24-14-6-2-5-13(8-14)21-7-3-4-12(11-21)20-16-10-18-15(9-19-16)17(22)23/h2,5-6,8-10,12H,3-4,7,11H2,1H3,(H,19,20)(H,22,23). The molecular formula is C17H20N4O3. The summed E-state index contributed by atoms with van der Waals surface area (Å²) < 4.78 is 5.29. The summed E-state index contributed by atoms with van der Waals surface area (Å²) in [5, 5.41) is 12.2. The monoisotopic (exact) mass is 328 g/mol. The number of hydrogen-bond donors (Lipinski definition) is 2. The minimum absolute atomic E-state index is 0.0535. The lowest BCUT2D eigenvalue weighted by atomic mass is 10.0. The van der Waals surface area contributed by atoms with E-state index in [1.807, 2.05) is 18.2 Å². The lowest BCUT2D eigenvalue weighted by Crippen LogP contribution is -2.42. The van der Waals surface area contributed by atoms with E-state index in [9.17, 15) is 4.79 Å². The highest BCUT2D eigenvalue weighted by atomic mass is 16.5. The maximum atomic E-state index is 10.8. The van der Waals surface area contributed by atoms with Crippen LogP contribution in [0.15, 0.2) is 36.7 Å². The highest BCUT2D eigenvalue weighted by Gasteiger charge is 2.21. The van der Waals surface area contributed by atoms with Crippen molar-refractivity contribution in [2.45, 2.75) is 18.9 Å². The summed E-state index contributed by atoms with van der Waals surface area (Å²) in [5.41, 5.74) is 1.08. The van der Waals surface area contributed by atoms with Crippen molar-refractivity contribution >= 4 is 17.5 Å². The lowest BCUT2D eigenvalue weighted by molar-refractivity contribution is 0.0690. The van der Waals surface area contributed by atoms with E-state index in [1.54, 1.807) is 7.11 Å². The van der Waals surface area contributed by atoms with Gasteiger partial charge in [-0.1, -0.05) is 6.07 Å². The number of ether oxygens (including phenoxy) is 1. The number of nitrogens with zero attached hydrogens (tertiary/aromatic N) is 3. The molecule has 2 aromatic rings. The van der Waals surface area contributed by atoms with Gasteiger partial charge in [-0.2, -0.15) is 0 Å². The van der Waals surface area contributed by atoms with Crippen LogP contribution < -0.4 is 15.0 Å². The Morgan fingerprint density at radius 1 is 1.38 bits per heavy atom. The van der Waals surface area contributed by atoms with Crippen LogP contribution in [0.5, 0.6) is 5.75 Å². The smallest absolute Gasteiger partial charge is 0.356 e. The fourth-order valence-electron chi connectivity index (χ4n) is 2.86. The Balaban J connectivity index is 1.65. The van der Waals surface area contributed by atoms with Crippen molar-refractivity contribution in [1.82, 2.24) is 9.97 Å². The summed E-state index contributed by atoms with van der Waals surface area (Å²) in [5.74, 6) is 0.367. The predicted octanol–water partition coefficient (Wildman–Crippen LogP) is 2.26. The molecule has 24 heavy (non-hydrogen) atoms. The van der Waals surface area contributed by atoms with Crippen LogP contribution >= 0.6 is 0 Å². The van der Waals surface area contributed by atoms with Crippen LogP contribution in [0.4, 0.5) is 11.5 Å². The Hall–Kier alpha value is -2.83. The number of piperidine rings is 1. The van der Waals surface area contributed by atoms with Gasteiger partial charge >= 0.3 is 5.97 Å². The van der Waals surface area contributed by atoms with E-state index < -0.39 is 5.97 Å². The molecule has 1 fully saturated rings. The first-order chi connectivity index (χ1) is 11.7. The topological polar surface area (TPSA) is 87.6 Å². The molecule has 0 bridgehead atoms. The Labute approximate surface area is 140 Å². The zero-order valence-corrected chi connectivity index (χ0v) is 13.5. The first-order valence-corrected chi connectivity index (χ1v) is 7.86. The van der Waals surface area contributed by atoms with Crippen LogP contribution in [0.25, 0.3) is 0 Å². The van der Waals surface area contributed by atoms with Crippen molar-refractivity contribution in [1.29, 1.82) is 0 Å². The number of carboxylic acid groups (broad SMARTS) is 1. The molecule has 1 aliphatic rings. The second-order valence-corrected chi connectivity index (χ2v) is 5.72. The summed E-state index contributed by atoms with van der Waals surface area (Å²) in [7, 11) is 1.67. The molecule has 0 amide bonds. The van der Waals surface area contributed by atoms with Crippen molar-refractivity contribution in [2.75, 3.05) is 30.4 Å². The van der Waals surface area contributed by atoms with Gasteiger partial charge in [0.05, 0.1) is 19.5 Å². The predicted molar refractivity (Wildman–Crippen MR) is 90.8 cm³/mol. The number of aromatic carboxylic acids is 1. The minimum atomic E-state index is -1.07. The van der Waals surface area contributed by atoms with Crippen molar-refractivity contribution in [3.63, 3.8) is 0 Å². The van der Waals surface area contributed by atoms with Gasteiger partial charge in [0, 0.05) is 30.9 Å². The summed E-state index contributed by atoms with van der Waals surface area (Å²) in [4.78, 5) is 21.1. The Morgan fingerprint density at radius 3 is 2.96 bits per heavy atom. The molecule has 126 valence electrons. The number of carbonyl (C=O) groups is 1. The van der Waals surface area contributed by atoms with Crippen LogP contribution in [0, 0.1) is 0 Å². The SMILES string of the molecule is COc1cccc(N2CCCC(Nc3cnc(C(=O)O)cn3)C2)c1. The molecule has 1 saturated heterocycles. The fraction of sp³-hybridized carbons (Fsp3) is 0.353. The molecule has 0 radical (unpaired) electrons. The number of carboxylic acids is 1. The number of benzene rings is 1. The Bertz CT molecular complexity index is 705. The van der Waals surface area contributed by atoms with E-state index in [2.05, 4.69) is 26.3 Å². The minimum Gasteiger partial charge on any atom is -0.497 e. The van der Waals surface area contributed by atoms with E-state index in [0.29, 0.717) is 5.82 Å². The third-order valence-electron chi connectivity index (χ3n) is 4.06. The van der Waals surface area contributed by atoms with Crippen molar-refractivity contribution < 1.29 is 14.6 Å². The molecular weight excluding hydrogens is 308 g/mol. The highest BCUT2D eigenvalue weighted by molar-refractivity contribution is 5.84. The first kappa shape index (κ1) is 16.0. The average molecular weight is 328 g/mol. The number of rotatable bonds is 5. The number of hydrogen-bond acceptors (Lipinski definition) is 6. The molecule has 0 spiro atoms. The van der Waals surface area contributed by atoms with E-state index in [4.69, 9.17) is 9.84 Å². The van der Waals surface area contributed by atoms with Gasteiger partial charge < -0.3 is 20.1 Å². The molecule has 7 heteroatoms. The van der Waals surface area contributed by atoms with Gasteiger partial charge in [0.2, 0.25) is 0 Å². The maximum Gasteiger partial charge on any atom is 0.356 e. The molecule has 0 aliphatic carbocycles. The van der Waals surface area contributed by atoms with Crippen molar-refractivity contribution in [3.8, 4) is 5.75 Å². The van der Waals surface area contributed by atoms with Gasteiger partial charge in [0.15, 0.2) is 5.69 Å². The zero-order valence-electron chi connectivity index (χ0n) is 13.5.